The van der Waals surface area contributed by atoms with E-state index in [-0.39, 0.29) is 5.60 Å². The van der Waals surface area contributed by atoms with Gasteiger partial charge in [0.15, 0.2) is 0 Å². The lowest BCUT2D eigenvalue weighted by atomic mass is 9.96. The molecule has 2 saturated heterocycles. The number of rotatable bonds is 0. The number of hydrogen-bond donors (Lipinski definition) is 2. The van der Waals surface area contributed by atoms with Gasteiger partial charge in [0.2, 0.25) is 0 Å². The first-order valence-corrected chi connectivity index (χ1v) is 4.47. The van der Waals surface area contributed by atoms with E-state index < -0.39 is 0 Å². The first-order valence-electron chi connectivity index (χ1n) is 4.47. The van der Waals surface area contributed by atoms with E-state index in [9.17, 15) is 0 Å². The smallest absolute Gasteiger partial charge is 0.105 e. The number of hydrogen-bond acceptors (Lipinski definition) is 3. The molecular weight excluding hydrogens is 140 g/mol. The van der Waals surface area contributed by atoms with Gasteiger partial charge in [0.05, 0.1) is 6.61 Å². The highest BCUT2D eigenvalue weighted by Crippen LogP contribution is 2.16. The molecule has 2 heterocycles. The maximum absolute atomic E-state index is 5.58. The average molecular weight is 158 g/mol. The zero-order valence-corrected chi connectivity index (χ0v) is 7.44. The Kier molecular flexibility index (Phi) is 3.30. The van der Waals surface area contributed by atoms with Crippen molar-refractivity contribution in [2.45, 2.75) is 19.4 Å². The second-order valence-corrected chi connectivity index (χ2v) is 2.81. The molecule has 1 spiro atoms. The summed E-state index contributed by atoms with van der Waals surface area (Å²) >= 11 is 0. The molecule has 0 amide bonds. The van der Waals surface area contributed by atoms with Gasteiger partial charge in [0, 0.05) is 26.2 Å². The molecule has 2 fully saturated rings. The van der Waals surface area contributed by atoms with Gasteiger partial charge in [0.1, 0.15) is 5.60 Å². The molecule has 3 nitrogen and oxygen atoms in total. The van der Waals surface area contributed by atoms with E-state index >= 15 is 0 Å². The summed E-state index contributed by atoms with van der Waals surface area (Å²) in [6, 6.07) is 0. The Balaban J connectivity index is 0.000000281. The highest BCUT2D eigenvalue weighted by atomic mass is 16.5. The maximum Gasteiger partial charge on any atom is 0.105 e. The zero-order chi connectivity index (χ0) is 8.16. The van der Waals surface area contributed by atoms with Gasteiger partial charge in [-0.3, -0.25) is 0 Å². The van der Waals surface area contributed by atoms with Crippen molar-refractivity contribution in [2.24, 2.45) is 0 Å². The first-order chi connectivity index (χ1) is 5.41. The van der Waals surface area contributed by atoms with Crippen molar-refractivity contribution in [3.05, 3.63) is 0 Å². The van der Waals surface area contributed by atoms with Crippen LogP contribution >= 0.6 is 0 Å². The van der Waals surface area contributed by atoms with Gasteiger partial charge in [-0.25, -0.2) is 0 Å². The summed E-state index contributed by atoms with van der Waals surface area (Å²) in [6.07, 6.45) is 0. The summed E-state index contributed by atoms with van der Waals surface area (Å²) in [4.78, 5) is 0. The first kappa shape index (κ1) is 8.97. The van der Waals surface area contributed by atoms with Crippen LogP contribution in [0.2, 0.25) is 0 Å². The van der Waals surface area contributed by atoms with Crippen molar-refractivity contribution in [1.29, 1.82) is 0 Å². The Morgan fingerprint density at radius 2 is 1.73 bits per heavy atom. The summed E-state index contributed by atoms with van der Waals surface area (Å²) in [7, 11) is 0. The maximum atomic E-state index is 5.58. The number of ether oxygens (including phenoxy) is 1. The molecule has 2 aliphatic rings. The van der Waals surface area contributed by atoms with Crippen LogP contribution in [0.1, 0.15) is 13.8 Å². The molecule has 3 heteroatoms. The lowest BCUT2D eigenvalue weighted by Crippen LogP contribution is -2.68. The number of nitrogens with one attached hydrogen (secondary N) is 2. The minimum Gasteiger partial charge on any atom is -0.370 e. The molecule has 2 aliphatic heterocycles. The van der Waals surface area contributed by atoms with E-state index in [0.29, 0.717) is 0 Å². The molecule has 0 atom stereocenters. The molecule has 0 saturated carbocycles. The van der Waals surface area contributed by atoms with Crippen LogP contribution in [0.3, 0.4) is 0 Å². The summed E-state index contributed by atoms with van der Waals surface area (Å²) in [6.45, 7) is 8.98. The molecule has 0 unspecified atom stereocenters. The Labute approximate surface area is 68.5 Å². The van der Waals surface area contributed by atoms with Crippen LogP contribution in [-0.4, -0.2) is 38.4 Å². The molecule has 0 bridgehead atoms. The summed E-state index contributed by atoms with van der Waals surface area (Å²) in [5.74, 6) is 0. The third kappa shape index (κ3) is 1.92. The van der Waals surface area contributed by atoms with Gasteiger partial charge in [-0.15, -0.1) is 0 Å². The van der Waals surface area contributed by atoms with Crippen LogP contribution in [0, 0.1) is 0 Å². The SMILES string of the molecule is C1COC2(CN1)CNC2.CC. The van der Waals surface area contributed by atoms with Crippen LogP contribution in [-0.2, 0) is 4.74 Å². The normalized spacial score (nSPS) is 26.7. The van der Waals surface area contributed by atoms with Gasteiger partial charge in [-0.1, -0.05) is 13.8 Å². The van der Waals surface area contributed by atoms with Gasteiger partial charge in [-0.05, 0) is 0 Å². The fourth-order valence-electron chi connectivity index (χ4n) is 1.34. The second-order valence-electron chi connectivity index (χ2n) is 2.81. The van der Waals surface area contributed by atoms with Gasteiger partial charge < -0.3 is 15.4 Å². The lowest BCUT2D eigenvalue weighted by molar-refractivity contribution is -0.0971. The van der Waals surface area contributed by atoms with Gasteiger partial charge in [-0.2, -0.15) is 0 Å². The minimum atomic E-state index is 0.179. The molecule has 0 aromatic heterocycles. The van der Waals surface area contributed by atoms with Crippen molar-refractivity contribution >= 4 is 0 Å². The lowest BCUT2D eigenvalue weighted by Gasteiger charge is -2.45. The van der Waals surface area contributed by atoms with Crippen molar-refractivity contribution in [3.8, 4) is 0 Å². The Morgan fingerprint density at radius 3 is 2.00 bits per heavy atom. The topological polar surface area (TPSA) is 33.3 Å². The Hall–Kier alpha value is -0.120. The average Bonchev–Trinajstić information content (AvgIpc) is 2.07. The molecule has 11 heavy (non-hydrogen) atoms. The quantitative estimate of drug-likeness (QED) is 0.519. The third-order valence-corrected chi connectivity index (χ3v) is 2.03. The Bertz CT molecular complexity index is 105. The third-order valence-electron chi connectivity index (χ3n) is 2.03. The van der Waals surface area contributed by atoms with Crippen LogP contribution in [0.15, 0.2) is 0 Å². The molecule has 2 N–H and O–H groups in total. The minimum absolute atomic E-state index is 0.179. The van der Waals surface area contributed by atoms with Crippen LogP contribution < -0.4 is 10.6 Å². The van der Waals surface area contributed by atoms with Crippen LogP contribution in [0.4, 0.5) is 0 Å². The molecule has 0 aliphatic carbocycles. The zero-order valence-electron chi connectivity index (χ0n) is 7.44. The summed E-state index contributed by atoms with van der Waals surface area (Å²) < 4.78 is 5.58. The van der Waals surface area contributed by atoms with Crippen molar-refractivity contribution in [3.63, 3.8) is 0 Å². The molecule has 0 radical (unpaired) electrons. The fraction of sp³-hybridized carbons (Fsp3) is 1.00. The molecule has 2 rings (SSSR count). The highest BCUT2D eigenvalue weighted by Gasteiger charge is 2.39. The molecular formula is C8H18N2O. The van der Waals surface area contributed by atoms with E-state index in [2.05, 4.69) is 10.6 Å². The summed E-state index contributed by atoms with van der Waals surface area (Å²) in [5.41, 5.74) is 0.179. The number of morpholine rings is 1. The standard InChI is InChI=1S/C6H12N2O.C2H6/c1-2-9-6(3-7-1)4-8-5-6;1-2/h7-8H,1-5H2;1-2H3. The molecule has 66 valence electrons. The van der Waals surface area contributed by atoms with Crippen molar-refractivity contribution in [1.82, 2.24) is 10.6 Å². The highest BCUT2D eigenvalue weighted by molar-refractivity contribution is 4.98. The fourth-order valence-corrected chi connectivity index (χ4v) is 1.34. The van der Waals surface area contributed by atoms with Crippen molar-refractivity contribution in [2.75, 3.05) is 32.8 Å². The summed E-state index contributed by atoms with van der Waals surface area (Å²) in [5, 5.41) is 6.52. The second kappa shape index (κ2) is 4.04. The van der Waals surface area contributed by atoms with Crippen LogP contribution in [0.5, 0.6) is 0 Å². The molecule has 0 aromatic carbocycles. The van der Waals surface area contributed by atoms with Gasteiger partial charge in [0.25, 0.3) is 0 Å². The van der Waals surface area contributed by atoms with Gasteiger partial charge >= 0.3 is 0 Å². The van der Waals surface area contributed by atoms with E-state index in [1.807, 2.05) is 13.8 Å². The monoisotopic (exact) mass is 158 g/mol. The molecule has 0 aromatic rings. The van der Waals surface area contributed by atoms with E-state index in [1.54, 1.807) is 0 Å². The predicted molar refractivity (Wildman–Crippen MR) is 45.8 cm³/mol. The van der Waals surface area contributed by atoms with Crippen LogP contribution in [0.25, 0.3) is 0 Å². The largest absolute Gasteiger partial charge is 0.370 e. The predicted octanol–water partition coefficient (Wildman–Crippen LogP) is -0.0256. The van der Waals surface area contributed by atoms with E-state index in [4.69, 9.17) is 4.74 Å². The van der Waals surface area contributed by atoms with Crippen molar-refractivity contribution < 1.29 is 4.74 Å². The van der Waals surface area contributed by atoms with E-state index in [0.717, 1.165) is 32.8 Å². The Morgan fingerprint density at radius 1 is 1.09 bits per heavy atom. The van der Waals surface area contributed by atoms with E-state index in [1.165, 1.54) is 0 Å².